The van der Waals surface area contributed by atoms with Crippen LogP contribution in [0.2, 0.25) is 0 Å². The molecular formula is C30H34FN9O3. The lowest BCUT2D eigenvalue weighted by Crippen LogP contribution is -2.56. The summed E-state index contributed by atoms with van der Waals surface area (Å²) in [5.41, 5.74) is 8.24. The maximum atomic E-state index is 14.8. The number of piperazine rings is 1. The molecule has 4 heterocycles. The molecule has 3 N–H and O–H groups in total. The van der Waals surface area contributed by atoms with Gasteiger partial charge in [0.1, 0.15) is 24.3 Å². The van der Waals surface area contributed by atoms with Gasteiger partial charge in [0, 0.05) is 56.1 Å². The summed E-state index contributed by atoms with van der Waals surface area (Å²) < 4.78 is 26.0. The van der Waals surface area contributed by atoms with Crippen LogP contribution in [0.4, 0.5) is 21.7 Å². The minimum atomic E-state index is -1.39. The zero-order valence-corrected chi connectivity index (χ0v) is 23.7. The van der Waals surface area contributed by atoms with E-state index < -0.39 is 12.3 Å². The van der Waals surface area contributed by atoms with Crippen molar-refractivity contribution in [3.05, 3.63) is 54.4 Å². The van der Waals surface area contributed by atoms with Gasteiger partial charge in [-0.25, -0.2) is 14.4 Å². The average molecular weight is 588 g/mol. The number of alkyl halides is 1. The van der Waals surface area contributed by atoms with Crippen LogP contribution in [0.1, 0.15) is 12.0 Å². The minimum absolute atomic E-state index is 0.0857. The molecule has 13 heteroatoms. The Balaban J connectivity index is 1.08. The SMILES string of the molecule is N#Cc1cc(-c2ncnc(Nc3ccc(N4CCN(C5COC5)CC4)cc3)n2)ccc1O[C@@H]1CCN(C(=O)CN)C[C@@H]1F. The fourth-order valence-corrected chi connectivity index (χ4v) is 5.55. The number of benzene rings is 2. The van der Waals surface area contributed by atoms with E-state index >= 15 is 0 Å². The van der Waals surface area contributed by atoms with E-state index in [1.54, 1.807) is 18.2 Å². The minimum Gasteiger partial charge on any atom is -0.486 e. The van der Waals surface area contributed by atoms with Crippen molar-refractivity contribution in [1.29, 1.82) is 5.26 Å². The number of ether oxygens (including phenoxy) is 2. The maximum Gasteiger partial charge on any atom is 0.236 e. The first-order valence-electron chi connectivity index (χ1n) is 14.5. The largest absolute Gasteiger partial charge is 0.486 e. The van der Waals surface area contributed by atoms with Crippen molar-refractivity contribution in [2.75, 3.05) is 69.2 Å². The van der Waals surface area contributed by atoms with Crippen LogP contribution in [0.25, 0.3) is 11.4 Å². The van der Waals surface area contributed by atoms with E-state index in [4.69, 9.17) is 15.2 Å². The Labute approximate surface area is 249 Å². The highest BCUT2D eigenvalue weighted by Crippen LogP contribution is 2.29. The molecule has 12 nitrogen and oxygen atoms in total. The third kappa shape index (κ3) is 6.51. The first-order valence-corrected chi connectivity index (χ1v) is 14.5. The highest BCUT2D eigenvalue weighted by Gasteiger charge is 2.33. The Hall–Kier alpha value is -4.38. The molecule has 3 fully saturated rings. The summed E-state index contributed by atoms with van der Waals surface area (Å²) in [7, 11) is 0. The summed E-state index contributed by atoms with van der Waals surface area (Å²) in [4.78, 5) is 31.2. The predicted octanol–water partition coefficient (Wildman–Crippen LogP) is 1.95. The van der Waals surface area contributed by atoms with Gasteiger partial charge in [-0.05, 0) is 42.5 Å². The molecule has 3 aliphatic heterocycles. The Kier molecular flexibility index (Phi) is 8.59. The summed E-state index contributed by atoms with van der Waals surface area (Å²) in [6.45, 7) is 5.84. The molecule has 43 heavy (non-hydrogen) atoms. The predicted molar refractivity (Wildman–Crippen MR) is 158 cm³/mol. The second-order valence-electron chi connectivity index (χ2n) is 10.8. The second kappa shape index (κ2) is 12.9. The van der Waals surface area contributed by atoms with Crippen LogP contribution in [0.3, 0.4) is 0 Å². The smallest absolute Gasteiger partial charge is 0.236 e. The lowest BCUT2D eigenvalue weighted by atomic mass is 10.0. The maximum absolute atomic E-state index is 14.8. The number of hydrogen-bond donors (Lipinski definition) is 2. The number of carbonyl (C=O) groups is 1. The van der Waals surface area contributed by atoms with Crippen molar-refractivity contribution in [1.82, 2.24) is 24.8 Å². The lowest BCUT2D eigenvalue weighted by Gasteiger charge is -2.43. The lowest BCUT2D eigenvalue weighted by molar-refractivity contribution is -0.133. The van der Waals surface area contributed by atoms with E-state index in [1.807, 2.05) is 12.1 Å². The summed E-state index contributed by atoms with van der Waals surface area (Å²) in [6, 6.07) is 15.8. The van der Waals surface area contributed by atoms with Crippen LogP contribution < -0.4 is 20.7 Å². The van der Waals surface area contributed by atoms with Crippen molar-refractivity contribution >= 4 is 23.2 Å². The number of anilines is 3. The molecule has 2 aromatic carbocycles. The number of nitrogens with one attached hydrogen (secondary N) is 1. The highest BCUT2D eigenvalue weighted by atomic mass is 19.1. The number of amides is 1. The van der Waals surface area contributed by atoms with Crippen LogP contribution >= 0.6 is 0 Å². The molecule has 2 atom stereocenters. The third-order valence-corrected chi connectivity index (χ3v) is 8.16. The zero-order valence-electron chi connectivity index (χ0n) is 23.7. The Morgan fingerprint density at radius 2 is 1.91 bits per heavy atom. The van der Waals surface area contributed by atoms with E-state index in [0.717, 1.165) is 45.1 Å². The summed E-state index contributed by atoms with van der Waals surface area (Å²) in [5.74, 6) is 0.718. The molecule has 0 unspecified atom stereocenters. The van der Waals surface area contributed by atoms with Crippen LogP contribution in [0.15, 0.2) is 48.8 Å². The molecule has 3 saturated heterocycles. The van der Waals surface area contributed by atoms with Crippen LogP contribution in [-0.4, -0.2) is 108 Å². The quantitative estimate of drug-likeness (QED) is 0.399. The molecular weight excluding hydrogens is 553 g/mol. The second-order valence-corrected chi connectivity index (χ2v) is 10.8. The van der Waals surface area contributed by atoms with E-state index in [9.17, 15) is 14.4 Å². The number of likely N-dealkylation sites (tertiary alicyclic amines) is 1. The van der Waals surface area contributed by atoms with Gasteiger partial charge in [0.05, 0.1) is 37.9 Å². The molecule has 0 aliphatic carbocycles. The number of rotatable bonds is 8. The number of carbonyl (C=O) groups excluding carboxylic acids is 1. The number of aromatic nitrogens is 3. The van der Waals surface area contributed by atoms with Gasteiger partial charge in [-0.3, -0.25) is 9.69 Å². The van der Waals surface area contributed by atoms with Gasteiger partial charge in [0.25, 0.3) is 0 Å². The van der Waals surface area contributed by atoms with Crippen molar-refractivity contribution in [3.8, 4) is 23.2 Å². The van der Waals surface area contributed by atoms with Crippen molar-refractivity contribution in [2.45, 2.75) is 24.7 Å². The van der Waals surface area contributed by atoms with E-state index in [2.05, 4.69) is 48.3 Å². The van der Waals surface area contributed by atoms with Crippen LogP contribution in [0.5, 0.6) is 5.75 Å². The van der Waals surface area contributed by atoms with E-state index in [-0.39, 0.29) is 30.3 Å². The standard InChI is InChI=1S/C30H34FN9O3/c31-25-16-40(28(41)15-33)8-7-27(25)43-26-6-1-20(13-21(26)14-32)29-34-19-35-30(37-29)36-22-2-4-23(5-3-22)38-9-11-39(12-10-38)24-17-42-18-24/h1-6,13,19,24-25,27H,7-12,15-18,33H2,(H,34,35,36,37)/t25-,27+/m0/s1. The van der Waals surface area contributed by atoms with Gasteiger partial charge in [0.15, 0.2) is 12.0 Å². The van der Waals surface area contributed by atoms with Gasteiger partial charge < -0.3 is 30.3 Å². The molecule has 1 aromatic heterocycles. The Bertz CT molecular complexity index is 1470. The van der Waals surface area contributed by atoms with Crippen LogP contribution in [0, 0.1) is 11.3 Å². The molecule has 0 bridgehead atoms. The number of nitrogens with two attached hydrogens (primary N) is 1. The highest BCUT2D eigenvalue weighted by molar-refractivity contribution is 5.78. The van der Waals surface area contributed by atoms with Crippen molar-refractivity contribution < 1.29 is 18.7 Å². The molecule has 224 valence electrons. The molecule has 0 radical (unpaired) electrons. The van der Waals surface area contributed by atoms with Crippen LogP contribution in [-0.2, 0) is 9.53 Å². The fraction of sp³-hybridized carbons (Fsp3) is 0.433. The first-order chi connectivity index (χ1) is 21.0. The Morgan fingerprint density at radius 1 is 1.12 bits per heavy atom. The van der Waals surface area contributed by atoms with Gasteiger partial charge in [-0.2, -0.15) is 10.2 Å². The van der Waals surface area contributed by atoms with Gasteiger partial charge in [0.2, 0.25) is 11.9 Å². The molecule has 0 spiro atoms. The fourth-order valence-electron chi connectivity index (χ4n) is 5.55. The average Bonchev–Trinajstić information content (AvgIpc) is 3.02. The molecule has 3 aromatic rings. The topological polar surface area (TPSA) is 146 Å². The van der Waals surface area contributed by atoms with Gasteiger partial charge in [-0.1, -0.05) is 0 Å². The van der Waals surface area contributed by atoms with Crippen molar-refractivity contribution in [3.63, 3.8) is 0 Å². The number of nitriles is 1. The van der Waals surface area contributed by atoms with E-state index in [1.165, 1.54) is 16.9 Å². The number of nitrogens with zero attached hydrogens (tertiary/aromatic N) is 7. The van der Waals surface area contributed by atoms with Crippen molar-refractivity contribution in [2.24, 2.45) is 5.73 Å². The molecule has 1 amide bonds. The Morgan fingerprint density at radius 3 is 2.58 bits per heavy atom. The first kappa shape index (κ1) is 28.7. The number of hydrogen-bond acceptors (Lipinski definition) is 11. The third-order valence-electron chi connectivity index (χ3n) is 8.16. The number of halogens is 1. The molecule has 0 saturated carbocycles. The van der Waals surface area contributed by atoms with Gasteiger partial charge in [-0.15, -0.1) is 0 Å². The monoisotopic (exact) mass is 587 g/mol. The van der Waals surface area contributed by atoms with E-state index in [0.29, 0.717) is 36.3 Å². The molecule has 3 aliphatic rings. The summed E-state index contributed by atoms with van der Waals surface area (Å²) in [5, 5.41) is 13.0. The zero-order chi connectivity index (χ0) is 29.8. The molecule has 6 rings (SSSR count). The summed E-state index contributed by atoms with van der Waals surface area (Å²) >= 11 is 0. The normalized spacial score (nSPS) is 21.1. The van der Waals surface area contributed by atoms with Gasteiger partial charge >= 0.3 is 0 Å². The number of piperidine rings is 1. The summed E-state index contributed by atoms with van der Waals surface area (Å²) in [6.07, 6.45) is -0.451.